The number of aliphatic hydroxyl groups excluding tert-OH is 1. The molecule has 1 rings (SSSR count). The fourth-order valence-corrected chi connectivity index (χ4v) is 2.15. The number of carbonyl (C=O) groups is 4. The molecular formula is C14H20O10. The Hall–Kier alpha value is -2.20. The topological polar surface area (TPSA) is 135 Å². The summed E-state index contributed by atoms with van der Waals surface area (Å²) in [4.78, 5) is 44.7. The number of hydrogen-bond acceptors (Lipinski definition) is 10. The van der Waals surface area contributed by atoms with E-state index in [1.54, 1.807) is 0 Å². The van der Waals surface area contributed by atoms with Crippen LogP contribution in [0.4, 0.5) is 0 Å². The molecule has 0 bridgehead atoms. The van der Waals surface area contributed by atoms with Gasteiger partial charge in [0.1, 0.15) is 12.7 Å². The van der Waals surface area contributed by atoms with Crippen LogP contribution in [0.15, 0.2) is 0 Å². The largest absolute Gasteiger partial charge is 0.463 e. The van der Waals surface area contributed by atoms with Gasteiger partial charge in [-0.25, -0.2) is 0 Å². The lowest BCUT2D eigenvalue weighted by atomic mass is 9.98. The molecule has 0 amide bonds. The van der Waals surface area contributed by atoms with Crippen LogP contribution in [0.2, 0.25) is 0 Å². The third-order valence-electron chi connectivity index (χ3n) is 2.95. The number of esters is 4. The highest BCUT2D eigenvalue weighted by atomic mass is 16.7. The second-order valence-corrected chi connectivity index (χ2v) is 5.09. The molecule has 10 nitrogen and oxygen atoms in total. The Labute approximate surface area is 137 Å². The van der Waals surface area contributed by atoms with Crippen molar-refractivity contribution in [2.24, 2.45) is 0 Å². The maximum atomic E-state index is 11.3. The molecule has 1 heterocycles. The highest BCUT2D eigenvalue weighted by Crippen LogP contribution is 2.27. The van der Waals surface area contributed by atoms with Crippen molar-refractivity contribution in [3.05, 3.63) is 0 Å². The first-order chi connectivity index (χ1) is 11.1. The average molecular weight is 348 g/mol. The molecule has 1 saturated heterocycles. The average Bonchev–Trinajstić information content (AvgIpc) is 2.42. The summed E-state index contributed by atoms with van der Waals surface area (Å²) in [6, 6.07) is 0. The number of carbonyl (C=O) groups excluding carboxylic acids is 4. The predicted molar refractivity (Wildman–Crippen MR) is 74.2 cm³/mol. The van der Waals surface area contributed by atoms with E-state index in [2.05, 4.69) is 0 Å². The van der Waals surface area contributed by atoms with Crippen molar-refractivity contribution in [3.8, 4) is 0 Å². The van der Waals surface area contributed by atoms with Crippen LogP contribution in [0.5, 0.6) is 0 Å². The Morgan fingerprint density at radius 3 is 1.79 bits per heavy atom. The summed E-state index contributed by atoms with van der Waals surface area (Å²) in [6.45, 7) is 4.09. The lowest BCUT2D eigenvalue weighted by molar-refractivity contribution is -0.297. The van der Waals surface area contributed by atoms with E-state index in [1.165, 1.54) is 0 Å². The van der Waals surface area contributed by atoms with Crippen molar-refractivity contribution in [1.82, 2.24) is 0 Å². The van der Waals surface area contributed by atoms with Gasteiger partial charge >= 0.3 is 23.9 Å². The van der Waals surface area contributed by atoms with Crippen molar-refractivity contribution in [3.63, 3.8) is 0 Å². The van der Waals surface area contributed by atoms with Crippen molar-refractivity contribution < 1.29 is 48.0 Å². The molecule has 1 N–H and O–H groups in total. The molecule has 1 fully saturated rings. The van der Waals surface area contributed by atoms with Crippen LogP contribution in [0.1, 0.15) is 27.7 Å². The Kier molecular flexibility index (Phi) is 7.11. The molecule has 0 aromatic carbocycles. The lowest BCUT2D eigenvalue weighted by Crippen LogP contribution is -2.62. The minimum absolute atomic E-state index is 0.366. The van der Waals surface area contributed by atoms with Crippen LogP contribution in [-0.2, 0) is 42.9 Å². The summed E-state index contributed by atoms with van der Waals surface area (Å²) in [5.74, 6) is -2.87. The van der Waals surface area contributed by atoms with E-state index in [1.807, 2.05) is 0 Å². The third kappa shape index (κ3) is 5.78. The van der Waals surface area contributed by atoms with Crippen LogP contribution in [0, 0.1) is 0 Å². The standard InChI is InChI=1S/C14H20O10/c1-6(15)20-5-10-12(21-7(2)16)13(22-8(3)17)11(19)14(24-10)23-9(4)18/h10-14,19H,5H2,1-4H3/t10-,11+,12+,13-,14+/m1/s1. The molecule has 0 radical (unpaired) electrons. The summed E-state index contributed by atoms with van der Waals surface area (Å²) in [5.41, 5.74) is 0. The van der Waals surface area contributed by atoms with Crippen LogP contribution < -0.4 is 0 Å². The number of aliphatic hydroxyl groups is 1. The van der Waals surface area contributed by atoms with Gasteiger partial charge in [0.05, 0.1) is 0 Å². The van der Waals surface area contributed by atoms with E-state index in [-0.39, 0.29) is 6.61 Å². The molecule has 1 aliphatic heterocycles. The van der Waals surface area contributed by atoms with Crippen molar-refractivity contribution in [2.45, 2.75) is 58.4 Å². The van der Waals surface area contributed by atoms with Gasteiger partial charge in [0.2, 0.25) is 6.29 Å². The van der Waals surface area contributed by atoms with Crippen LogP contribution in [0.25, 0.3) is 0 Å². The van der Waals surface area contributed by atoms with Gasteiger partial charge < -0.3 is 28.8 Å². The van der Waals surface area contributed by atoms with Gasteiger partial charge in [-0.2, -0.15) is 0 Å². The molecule has 0 aromatic heterocycles. The smallest absolute Gasteiger partial charge is 0.305 e. The Bertz CT molecular complexity index is 486. The number of hydrogen-bond donors (Lipinski definition) is 1. The van der Waals surface area contributed by atoms with Crippen LogP contribution in [-0.4, -0.2) is 66.3 Å². The molecule has 0 spiro atoms. The lowest BCUT2D eigenvalue weighted by Gasteiger charge is -2.42. The number of rotatable bonds is 5. The first-order valence-electron chi connectivity index (χ1n) is 7.10. The van der Waals surface area contributed by atoms with Gasteiger partial charge in [-0.1, -0.05) is 0 Å². The summed E-state index contributed by atoms with van der Waals surface area (Å²) in [5, 5.41) is 10.2. The molecule has 10 heteroatoms. The highest BCUT2D eigenvalue weighted by Gasteiger charge is 2.51. The Morgan fingerprint density at radius 1 is 0.833 bits per heavy atom. The summed E-state index contributed by atoms with van der Waals surface area (Å²) < 4.78 is 25.0. The monoisotopic (exact) mass is 348 g/mol. The van der Waals surface area contributed by atoms with E-state index in [0.717, 1.165) is 27.7 Å². The van der Waals surface area contributed by atoms with Crippen LogP contribution in [0.3, 0.4) is 0 Å². The fourth-order valence-electron chi connectivity index (χ4n) is 2.15. The molecule has 0 aliphatic carbocycles. The van der Waals surface area contributed by atoms with Gasteiger partial charge in [-0.3, -0.25) is 19.2 Å². The third-order valence-corrected chi connectivity index (χ3v) is 2.95. The van der Waals surface area contributed by atoms with Gasteiger partial charge in [0.15, 0.2) is 18.3 Å². The normalized spacial score (nSPS) is 29.3. The maximum absolute atomic E-state index is 11.3. The van der Waals surface area contributed by atoms with E-state index in [0.29, 0.717) is 0 Å². The van der Waals surface area contributed by atoms with Gasteiger partial charge in [0.25, 0.3) is 0 Å². The molecule has 0 unspecified atom stereocenters. The zero-order valence-electron chi connectivity index (χ0n) is 13.7. The van der Waals surface area contributed by atoms with Gasteiger partial charge in [0, 0.05) is 27.7 Å². The fraction of sp³-hybridized carbons (Fsp3) is 0.714. The molecule has 5 atom stereocenters. The molecule has 0 saturated carbocycles. The molecule has 136 valence electrons. The first kappa shape index (κ1) is 19.8. The highest BCUT2D eigenvalue weighted by molar-refractivity contribution is 5.68. The minimum atomic E-state index is -1.60. The molecule has 0 aromatic rings. The summed E-state index contributed by atoms with van der Waals surface area (Å²) in [6.07, 6.45) is -6.83. The summed E-state index contributed by atoms with van der Waals surface area (Å²) >= 11 is 0. The Balaban J connectivity index is 3.08. The number of ether oxygens (including phenoxy) is 5. The van der Waals surface area contributed by atoms with Gasteiger partial charge in [-0.15, -0.1) is 0 Å². The SMILES string of the molecule is CC(=O)OC[C@H]1O[C@H](OC(C)=O)[C@@H](O)[C@@H](OC(C)=O)[C@H]1OC(C)=O. The second kappa shape index (κ2) is 8.60. The van der Waals surface area contributed by atoms with Crippen LogP contribution >= 0.6 is 0 Å². The zero-order chi connectivity index (χ0) is 18.4. The quantitative estimate of drug-likeness (QED) is 0.490. The molecule has 24 heavy (non-hydrogen) atoms. The van der Waals surface area contributed by atoms with E-state index < -0.39 is 54.6 Å². The zero-order valence-corrected chi connectivity index (χ0v) is 13.7. The predicted octanol–water partition coefficient (Wildman–Crippen LogP) is -0.938. The van der Waals surface area contributed by atoms with Crippen molar-refractivity contribution >= 4 is 23.9 Å². The minimum Gasteiger partial charge on any atom is -0.463 e. The second-order valence-electron chi connectivity index (χ2n) is 5.09. The van der Waals surface area contributed by atoms with Crippen molar-refractivity contribution in [1.29, 1.82) is 0 Å². The van der Waals surface area contributed by atoms with Crippen molar-refractivity contribution in [2.75, 3.05) is 6.61 Å². The van der Waals surface area contributed by atoms with Gasteiger partial charge in [-0.05, 0) is 0 Å². The Morgan fingerprint density at radius 2 is 1.33 bits per heavy atom. The van der Waals surface area contributed by atoms with E-state index >= 15 is 0 Å². The van der Waals surface area contributed by atoms with E-state index in [9.17, 15) is 24.3 Å². The first-order valence-corrected chi connectivity index (χ1v) is 7.10. The summed E-state index contributed by atoms with van der Waals surface area (Å²) in [7, 11) is 0. The molecular weight excluding hydrogens is 328 g/mol. The van der Waals surface area contributed by atoms with E-state index in [4.69, 9.17) is 23.7 Å². The molecule has 1 aliphatic rings. The maximum Gasteiger partial charge on any atom is 0.305 e.